The maximum Gasteiger partial charge on any atom is 0.251 e. The highest BCUT2D eigenvalue weighted by Crippen LogP contribution is 2.33. The van der Waals surface area contributed by atoms with Crippen LogP contribution in [-0.2, 0) is 9.47 Å². The highest BCUT2D eigenvalue weighted by Gasteiger charge is 2.32. The monoisotopic (exact) mass is 534 g/mol. The van der Waals surface area contributed by atoms with Gasteiger partial charge < -0.3 is 30.5 Å². The maximum absolute atomic E-state index is 12.7. The number of aromatic nitrogens is 3. The zero-order valence-corrected chi connectivity index (χ0v) is 22.5. The Morgan fingerprint density at radius 1 is 1.08 bits per heavy atom. The van der Waals surface area contributed by atoms with Crippen LogP contribution in [0.1, 0.15) is 54.4 Å². The number of fused-ring (bicyclic) bond motifs is 1. The number of aliphatic hydroxyl groups is 1. The molecular weight excluding hydrogens is 496 g/mol. The molecular formula is C29H38N6O4. The summed E-state index contributed by atoms with van der Waals surface area (Å²) in [6.07, 6.45) is 7.43. The molecule has 4 N–H and O–H groups in total. The highest BCUT2D eigenvalue weighted by atomic mass is 16.5. The number of hydrogen-bond acceptors (Lipinski definition) is 8. The van der Waals surface area contributed by atoms with Gasteiger partial charge in [0, 0.05) is 67.7 Å². The number of carbonyl (C=O) groups excluding carboxylic acids is 1. The lowest BCUT2D eigenvalue weighted by Crippen LogP contribution is -2.39. The van der Waals surface area contributed by atoms with Gasteiger partial charge in [-0.05, 0) is 62.6 Å². The molecule has 4 heterocycles. The van der Waals surface area contributed by atoms with Gasteiger partial charge in [0.2, 0.25) is 0 Å². The summed E-state index contributed by atoms with van der Waals surface area (Å²) >= 11 is 0. The minimum absolute atomic E-state index is 0.0140. The molecule has 2 aromatic heterocycles. The van der Waals surface area contributed by atoms with E-state index in [1.165, 1.54) is 0 Å². The minimum Gasteiger partial charge on any atom is -0.396 e. The van der Waals surface area contributed by atoms with Crippen LogP contribution in [0.5, 0.6) is 0 Å². The minimum atomic E-state index is -0.230. The van der Waals surface area contributed by atoms with E-state index in [2.05, 4.69) is 16.0 Å². The maximum atomic E-state index is 12.7. The molecule has 3 aliphatic rings. The third-order valence-electron chi connectivity index (χ3n) is 8.27. The number of rotatable bonds is 9. The molecule has 0 radical (unpaired) electrons. The molecule has 10 nitrogen and oxygen atoms in total. The number of amides is 1. The van der Waals surface area contributed by atoms with Gasteiger partial charge in [0.25, 0.3) is 5.91 Å². The van der Waals surface area contributed by atoms with E-state index in [0.717, 1.165) is 85.7 Å². The number of aryl methyl sites for hydroxylation is 1. The van der Waals surface area contributed by atoms with Crippen LogP contribution in [0.25, 0.3) is 16.8 Å². The first-order chi connectivity index (χ1) is 19.0. The Balaban J connectivity index is 1.33. The number of benzene rings is 1. The molecule has 0 atom stereocenters. The van der Waals surface area contributed by atoms with Crippen LogP contribution >= 0.6 is 0 Å². The number of ether oxygens (including phenoxy) is 2. The van der Waals surface area contributed by atoms with Crippen molar-refractivity contribution in [2.75, 3.05) is 50.2 Å². The first kappa shape index (κ1) is 26.0. The lowest BCUT2D eigenvalue weighted by molar-refractivity contribution is -0.00863. The highest BCUT2D eigenvalue weighted by molar-refractivity contribution is 5.97. The van der Waals surface area contributed by atoms with Crippen LogP contribution in [0, 0.1) is 12.3 Å². The van der Waals surface area contributed by atoms with Crippen LogP contribution in [0.3, 0.4) is 0 Å². The summed E-state index contributed by atoms with van der Waals surface area (Å²) in [4.78, 5) is 17.7. The van der Waals surface area contributed by atoms with E-state index in [4.69, 9.17) is 19.6 Å². The first-order valence-corrected chi connectivity index (χ1v) is 14.1. The van der Waals surface area contributed by atoms with Crippen molar-refractivity contribution in [2.24, 2.45) is 5.41 Å². The molecule has 2 aliphatic heterocycles. The van der Waals surface area contributed by atoms with Crippen molar-refractivity contribution in [1.29, 1.82) is 0 Å². The molecule has 0 spiro atoms. The number of nitrogens with zero attached hydrogens (tertiary/aromatic N) is 3. The number of nitrogens with one attached hydrogen (secondary N) is 3. The molecule has 39 heavy (non-hydrogen) atoms. The fourth-order valence-corrected chi connectivity index (χ4v) is 5.47. The first-order valence-electron chi connectivity index (χ1n) is 14.1. The van der Waals surface area contributed by atoms with Crippen molar-refractivity contribution in [3.63, 3.8) is 0 Å². The van der Waals surface area contributed by atoms with Gasteiger partial charge in [-0.15, -0.1) is 0 Å². The summed E-state index contributed by atoms with van der Waals surface area (Å²) in [5.41, 5.74) is 3.98. The zero-order valence-electron chi connectivity index (χ0n) is 22.5. The lowest BCUT2D eigenvalue weighted by atomic mass is 9.81. The molecule has 3 fully saturated rings. The number of anilines is 2. The summed E-state index contributed by atoms with van der Waals surface area (Å²) in [6, 6.07) is 8.51. The van der Waals surface area contributed by atoms with Crippen molar-refractivity contribution in [3.05, 3.63) is 41.6 Å². The Morgan fingerprint density at radius 2 is 1.85 bits per heavy atom. The number of hydrogen-bond donors (Lipinski definition) is 4. The molecule has 208 valence electrons. The predicted molar refractivity (Wildman–Crippen MR) is 149 cm³/mol. The standard InChI is InChI=1S/C29H38N6O4/c1-19-14-20(2-5-23(19)28(37)33-21-3-4-21)24-16-31-35-26(30-17-29(18-36)8-12-39-13-9-29)15-25(34-27(24)35)32-22-6-10-38-11-7-22/h2,5,14-16,21-22,30,36H,3-4,6-13,17-18H2,1H3,(H,32,34)(H,33,37). The Hall–Kier alpha value is -3.21. The Morgan fingerprint density at radius 3 is 2.56 bits per heavy atom. The van der Waals surface area contributed by atoms with E-state index in [1.807, 2.05) is 41.9 Å². The van der Waals surface area contributed by atoms with Gasteiger partial charge in [0.15, 0.2) is 5.65 Å². The smallest absolute Gasteiger partial charge is 0.251 e. The molecule has 1 saturated carbocycles. The molecule has 0 unspecified atom stereocenters. The fraction of sp³-hybridized carbons (Fsp3) is 0.552. The van der Waals surface area contributed by atoms with Crippen LogP contribution in [0.4, 0.5) is 11.6 Å². The number of carbonyl (C=O) groups is 1. The lowest BCUT2D eigenvalue weighted by Gasteiger charge is -2.35. The molecule has 1 aliphatic carbocycles. The topological polar surface area (TPSA) is 122 Å². The Labute approximate surface area is 228 Å². The SMILES string of the molecule is Cc1cc(-c2cnn3c(NCC4(CO)CCOCC4)cc(NC4CCOCC4)nc23)ccc1C(=O)NC1CC1. The second kappa shape index (κ2) is 11.1. The van der Waals surface area contributed by atoms with Crippen LogP contribution < -0.4 is 16.0 Å². The summed E-state index contributed by atoms with van der Waals surface area (Å²) in [5.74, 6) is 1.58. The van der Waals surface area contributed by atoms with Crippen molar-refractivity contribution in [2.45, 2.75) is 57.5 Å². The molecule has 2 saturated heterocycles. The van der Waals surface area contributed by atoms with Gasteiger partial charge in [-0.25, -0.2) is 4.98 Å². The fourth-order valence-electron chi connectivity index (χ4n) is 5.47. The van der Waals surface area contributed by atoms with Gasteiger partial charge in [0.1, 0.15) is 11.6 Å². The van der Waals surface area contributed by atoms with Gasteiger partial charge in [-0.2, -0.15) is 9.61 Å². The van der Waals surface area contributed by atoms with Gasteiger partial charge in [-0.3, -0.25) is 4.79 Å². The van der Waals surface area contributed by atoms with E-state index in [9.17, 15) is 9.90 Å². The van der Waals surface area contributed by atoms with Gasteiger partial charge >= 0.3 is 0 Å². The molecule has 1 amide bonds. The van der Waals surface area contributed by atoms with Crippen molar-refractivity contribution >= 4 is 23.2 Å². The van der Waals surface area contributed by atoms with Gasteiger partial charge in [-0.1, -0.05) is 12.1 Å². The second-order valence-electron chi connectivity index (χ2n) is 11.3. The van der Waals surface area contributed by atoms with E-state index >= 15 is 0 Å². The quantitative estimate of drug-likeness (QED) is 0.330. The Bertz CT molecular complexity index is 1320. The Kier molecular flexibility index (Phi) is 7.42. The second-order valence-corrected chi connectivity index (χ2v) is 11.3. The molecule has 6 rings (SSSR count). The summed E-state index contributed by atoms with van der Waals surface area (Å²) < 4.78 is 12.9. The summed E-state index contributed by atoms with van der Waals surface area (Å²) in [6.45, 7) is 5.48. The van der Waals surface area contributed by atoms with E-state index in [1.54, 1.807) is 0 Å². The van der Waals surface area contributed by atoms with Crippen LogP contribution in [0.15, 0.2) is 30.5 Å². The average Bonchev–Trinajstić information content (AvgIpc) is 3.67. The van der Waals surface area contributed by atoms with Crippen LogP contribution in [0.2, 0.25) is 0 Å². The molecule has 3 aromatic rings. The predicted octanol–water partition coefficient (Wildman–Crippen LogP) is 3.39. The third-order valence-corrected chi connectivity index (χ3v) is 8.27. The molecule has 0 bridgehead atoms. The van der Waals surface area contributed by atoms with Crippen LogP contribution in [-0.4, -0.2) is 77.3 Å². The van der Waals surface area contributed by atoms with Crippen molar-refractivity contribution in [3.8, 4) is 11.1 Å². The summed E-state index contributed by atoms with van der Waals surface area (Å²) in [7, 11) is 0. The largest absolute Gasteiger partial charge is 0.396 e. The van der Waals surface area contributed by atoms with E-state index in [-0.39, 0.29) is 17.9 Å². The average molecular weight is 535 g/mol. The number of aliphatic hydroxyl groups excluding tert-OH is 1. The molecule has 10 heteroatoms. The van der Waals surface area contributed by atoms with Crippen molar-refractivity contribution in [1.82, 2.24) is 19.9 Å². The molecule has 1 aromatic carbocycles. The summed E-state index contributed by atoms with van der Waals surface area (Å²) in [5, 5.41) is 25.2. The normalized spacial score (nSPS) is 19.6. The third kappa shape index (κ3) is 5.73. The van der Waals surface area contributed by atoms with E-state index < -0.39 is 0 Å². The van der Waals surface area contributed by atoms with E-state index in [0.29, 0.717) is 37.4 Å². The van der Waals surface area contributed by atoms with Crippen molar-refractivity contribution < 1.29 is 19.4 Å². The van der Waals surface area contributed by atoms with Gasteiger partial charge in [0.05, 0.1) is 12.8 Å². The zero-order chi connectivity index (χ0) is 26.8.